The lowest BCUT2D eigenvalue weighted by atomic mass is 10.00. The molecule has 0 aromatic carbocycles. The second kappa shape index (κ2) is 4.36. The van der Waals surface area contributed by atoms with E-state index >= 15 is 0 Å². The summed E-state index contributed by atoms with van der Waals surface area (Å²) in [4.78, 5) is 31.7. The monoisotopic (exact) mass is 221 g/mol. The molecule has 1 aliphatic rings. The fraction of sp³-hybridized carbons (Fsp3) is 0.400. The first kappa shape index (κ1) is 10.7. The molecule has 0 saturated carbocycles. The largest absolute Gasteiger partial charge is 0.481 e. The van der Waals surface area contributed by atoms with Crippen LogP contribution in [0.5, 0.6) is 0 Å². The number of Topliss-reactive ketones (excluding diaryl/α,β-unsaturated/α-hetero) is 1. The second-order valence-electron chi connectivity index (χ2n) is 3.74. The van der Waals surface area contributed by atoms with Crippen molar-refractivity contribution in [3.63, 3.8) is 0 Å². The molecular formula is C10H11N3O3. The number of likely N-dealkylation sites (tertiary alicyclic amines) is 1. The van der Waals surface area contributed by atoms with Crippen LogP contribution >= 0.6 is 0 Å². The van der Waals surface area contributed by atoms with Crippen molar-refractivity contribution < 1.29 is 14.7 Å². The van der Waals surface area contributed by atoms with Gasteiger partial charge in [-0.25, -0.2) is 4.98 Å². The summed E-state index contributed by atoms with van der Waals surface area (Å²) in [6.45, 7) is 1.07. The van der Waals surface area contributed by atoms with Gasteiger partial charge in [-0.15, -0.1) is 0 Å². The zero-order valence-electron chi connectivity index (χ0n) is 8.54. The molecule has 0 bridgehead atoms. The lowest BCUT2D eigenvalue weighted by molar-refractivity contribution is -0.147. The highest BCUT2D eigenvalue weighted by molar-refractivity contribution is 5.95. The lowest BCUT2D eigenvalue weighted by Crippen LogP contribution is -2.52. The predicted molar refractivity (Wildman–Crippen MR) is 53.9 cm³/mol. The summed E-state index contributed by atoms with van der Waals surface area (Å²) < 4.78 is 0. The summed E-state index contributed by atoms with van der Waals surface area (Å²) in [5, 5.41) is 8.67. The van der Waals surface area contributed by atoms with Crippen molar-refractivity contribution in [2.45, 2.75) is 0 Å². The topological polar surface area (TPSA) is 83.4 Å². The van der Waals surface area contributed by atoms with Gasteiger partial charge in [0.15, 0.2) is 5.78 Å². The Kier molecular flexibility index (Phi) is 2.91. The van der Waals surface area contributed by atoms with Gasteiger partial charge in [-0.05, 0) is 0 Å². The minimum atomic E-state index is -0.803. The molecule has 2 heterocycles. The van der Waals surface area contributed by atoms with Crippen molar-refractivity contribution in [2.75, 3.05) is 19.6 Å². The number of hydrogen-bond donors (Lipinski definition) is 1. The Hall–Kier alpha value is -1.82. The van der Waals surface area contributed by atoms with Crippen LogP contribution in [-0.4, -0.2) is 51.4 Å². The minimum Gasteiger partial charge on any atom is -0.481 e. The average molecular weight is 221 g/mol. The highest BCUT2D eigenvalue weighted by Crippen LogP contribution is 2.15. The molecule has 0 amide bonds. The molecule has 0 unspecified atom stereocenters. The van der Waals surface area contributed by atoms with E-state index in [1.165, 1.54) is 18.6 Å². The van der Waals surface area contributed by atoms with Gasteiger partial charge in [0.05, 0.1) is 18.7 Å². The SMILES string of the molecule is O=C(CN1CC(C(=O)O)C1)c1cnccn1. The van der Waals surface area contributed by atoms with E-state index in [9.17, 15) is 9.59 Å². The number of carboxylic acids is 1. The molecule has 0 atom stereocenters. The Bertz CT molecular complexity index is 401. The van der Waals surface area contributed by atoms with Crippen LogP contribution in [0, 0.1) is 5.92 Å². The van der Waals surface area contributed by atoms with Gasteiger partial charge in [-0.3, -0.25) is 19.5 Å². The Morgan fingerprint density at radius 2 is 2.19 bits per heavy atom. The molecule has 1 fully saturated rings. The summed E-state index contributed by atoms with van der Waals surface area (Å²) >= 11 is 0. The van der Waals surface area contributed by atoms with Crippen LogP contribution in [0.1, 0.15) is 10.5 Å². The van der Waals surface area contributed by atoms with E-state index in [-0.39, 0.29) is 18.2 Å². The summed E-state index contributed by atoms with van der Waals surface area (Å²) in [5.41, 5.74) is 0.321. The fourth-order valence-corrected chi connectivity index (χ4v) is 1.58. The highest BCUT2D eigenvalue weighted by Gasteiger charge is 2.33. The van der Waals surface area contributed by atoms with E-state index in [4.69, 9.17) is 5.11 Å². The number of hydrogen-bond acceptors (Lipinski definition) is 5. The number of carboxylic acid groups (broad SMARTS) is 1. The molecule has 1 saturated heterocycles. The van der Waals surface area contributed by atoms with E-state index in [1.54, 1.807) is 4.90 Å². The Balaban J connectivity index is 1.84. The number of carbonyl (C=O) groups excluding carboxylic acids is 1. The van der Waals surface area contributed by atoms with Crippen LogP contribution < -0.4 is 0 Å². The van der Waals surface area contributed by atoms with E-state index in [0.29, 0.717) is 18.8 Å². The van der Waals surface area contributed by atoms with E-state index in [2.05, 4.69) is 9.97 Å². The van der Waals surface area contributed by atoms with Gasteiger partial charge in [-0.2, -0.15) is 0 Å². The van der Waals surface area contributed by atoms with Gasteiger partial charge in [0.2, 0.25) is 0 Å². The predicted octanol–water partition coefficient (Wildman–Crippen LogP) is -0.324. The first-order valence-electron chi connectivity index (χ1n) is 4.91. The Labute approximate surface area is 91.9 Å². The van der Waals surface area contributed by atoms with Crippen molar-refractivity contribution in [1.29, 1.82) is 0 Å². The Morgan fingerprint density at radius 1 is 1.44 bits per heavy atom. The summed E-state index contributed by atoms with van der Waals surface area (Å²) in [7, 11) is 0. The van der Waals surface area contributed by atoms with Gasteiger partial charge in [0.1, 0.15) is 5.69 Å². The molecule has 0 aliphatic carbocycles. The van der Waals surface area contributed by atoms with Gasteiger partial charge in [0.25, 0.3) is 0 Å². The summed E-state index contributed by atoms with van der Waals surface area (Å²) in [5.74, 6) is -1.27. The molecule has 84 valence electrons. The summed E-state index contributed by atoms with van der Waals surface area (Å²) in [6, 6.07) is 0. The maximum Gasteiger partial charge on any atom is 0.309 e. The molecule has 0 radical (unpaired) electrons. The van der Waals surface area contributed by atoms with E-state index in [1.807, 2.05) is 0 Å². The summed E-state index contributed by atoms with van der Waals surface area (Å²) in [6.07, 6.45) is 4.38. The zero-order valence-corrected chi connectivity index (χ0v) is 8.54. The normalized spacial score (nSPS) is 16.8. The molecule has 6 heteroatoms. The smallest absolute Gasteiger partial charge is 0.309 e. The first-order chi connectivity index (χ1) is 7.66. The van der Waals surface area contributed by atoms with Gasteiger partial charge in [-0.1, -0.05) is 0 Å². The molecule has 2 rings (SSSR count). The maximum atomic E-state index is 11.6. The first-order valence-corrected chi connectivity index (χ1v) is 4.91. The van der Waals surface area contributed by atoms with Gasteiger partial charge < -0.3 is 5.11 Å². The van der Waals surface area contributed by atoms with Gasteiger partial charge in [0, 0.05) is 25.5 Å². The van der Waals surface area contributed by atoms with Crippen molar-refractivity contribution in [3.05, 3.63) is 24.3 Å². The molecule has 1 N–H and O–H groups in total. The standard InChI is InChI=1S/C10H11N3O3/c14-9(8-3-11-1-2-12-8)6-13-4-7(5-13)10(15)16/h1-3,7H,4-6H2,(H,15,16). The van der Waals surface area contributed by atoms with Crippen molar-refractivity contribution >= 4 is 11.8 Å². The highest BCUT2D eigenvalue weighted by atomic mass is 16.4. The van der Waals surface area contributed by atoms with Crippen molar-refractivity contribution in [1.82, 2.24) is 14.9 Å². The molecule has 1 aliphatic heterocycles. The van der Waals surface area contributed by atoms with Crippen LogP contribution in [0.15, 0.2) is 18.6 Å². The maximum absolute atomic E-state index is 11.6. The number of aliphatic carboxylic acids is 1. The quantitative estimate of drug-likeness (QED) is 0.701. The number of aromatic nitrogens is 2. The van der Waals surface area contributed by atoms with Gasteiger partial charge >= 0.3 is 5.97 Å². The molecule has 16 heavy (non-hydrogen) atoms. The third-order valence-corrected chi connectivity index (χ3v) is 2.52. The molecule has 1 aromatic rings. The number of nitrogens with zero attached hydrogens (tertiary/aromatic N) is 3. The molecule has 1 aromatic heterocycles. The second-order valence-corrected chi connectivity index (χ2v) is 3.74. The average Bonchev–Trinajstić information content (AvgIpc) is 2.23. The molecule has 6 nitrogen and oxygen atoms in total. The van der Waals surface area contributed by atoms with Crippen LogP contribution in [0.25, 0.3) is 0 Å². The fourth-order valence-electron chi connectivity index (χ4n) is 1.58. The van der Waals surface area contributed by atoms with Crippen LogP contribution in [-0.2, 0) is 4.79 Å². The Morgan fingerprint density at radius 3 is 2.75 bits per heavy atom. The third-order valence-electron chi connectivity index (χ3n) is 2.52. The van der Waals surface area contributed by atoms with E-state index < -0.39 is 5.97 Å². The number of carbonyl (C=O) groups is 2. The van der Waals surface area contributed by atoms with E-state index in [0.717, 1.165) is 0 Å². The number of rotatable bonds is 4. The lowest BCUT2D eigenvalue weighted by Gasteiger charge is -2.35. The molecular weight excluding hydrogens is 210 g/mol. The van der Waals surface area contributed by atoms with Crippen LogP contribution in [0.2, 0.25) is 0 Å². The van der Waals surface area contributed by atoms with Crippen LogP contribution in [0.3, 0.4) is 0 Å². The van der Waals surface area contributed by atoms with Crippen LogP contribution in [0.4, 0.5) is 0 Å². The van der Waals surface area contributed by atoms with Crippen molar-refractivity contribution in [3.8, 4) is 0 Å². The number of ketones is 1. The third kappa shape index (κ3) is 2.22. The van der Waals surface area contributed by atoms with Crippen molar-refractivity contribution in [2.24, 2.45) is 5.92 Å². The minimum absolute atomic E-state index is 0.128. The molecule has 0 spiro atoms. The zero-order chi connectivity index (χ0) is 11.5.